The van der Waals surface area contributed by atoms with E-state index in [-0.39, 0.29) is 24.8 Å². The average molecular weight is 224 g/mol. The van der Waals surface area contributed by atoms with Gasteiger partial charge in [-0.05, 0) is 17.7 Å². The van der Waals surface area contributed by atoms with Crippen LogP contribution in [0.2, 0.25) is 5.02 Å². The molecular weight excluding hydrogens is 213 g/mol. The number of hydrogen-bond donors (Lipinski definition) is 3. The van der Waals surface area contributed by atoms with Crippen molar-refractivity contribution in [2.24, 2.45) is 5.73 Å². The van der Waals surface area contributed by atoms with Crippen LogP contribution in [0, 0.1) is 0 Å². The van der Waals surface area contributed by atoms with Gasteiger partial charge in [0.2, 0.25) is 0 Å². The van der Waals surface area contributed by atoms with Gasteiger partial charge in [0.25, 0.3) is 0 Å². The van der Waals surface area contributed by atoms with Gasteiger partial charge >= 0.3 is 0 Å². The van der Waals surface area contributed by atoms with Gasteiger partial charge in [-0.1, -0.05) is 17.7 Å². The van der Waals surface area contributed by atoms with Crippen LogP contribution < -0.4 is 5.73 Å². The second-order valence-corrected chi connectivity index (χ2v) is 2.90. The van der Waals surface area contributed by atoms with Gasteiger partial charge in [0.1, 0.15) is 5.75 Å². The molecular formula is C8H11Cl2NO2. The van der Waals surface area contributed by atoms with Gasteiger partial charge in [-0.2, -0.15) is 0 Å². The summed E-state index contributed by atoms with van der Waals surface area (Å²) in [5, 5.41) is 18.1. The van der Waals surface area contributed by atoms with Crippen LogP contribution in [0.15, 0.2) is 18.2 Å². The van der Waals surface area contributed by atoms with E-state index in [1.165, 1.54) is 12.1 Å². The smallest absolute Gasteiger partial charge is 0.117 e. The molecule has 0 saturated carbocycles. The molecule has 0 bridgehead atoms. The van der Waals surface area contributed by atoms with Gasteiger partial charge in [-0.3, -0.25) is 0 Å². The normalized spacial score (nSPS) is 11.9. The highest BCUT2D eigenvalue weighted by Gasteiger charge is 2.08. The van der Waals surface area contributed by atoms with E-state index in [1.807, 2.05) is 0 Å². The van der Waals surface area contributed by atoms with E-state index < -0.39 is 6.04 Å². The number of rotatable bonds is 2. The fourth-order valence-electron chi connectivity index (χ4n) is 0.915. The molecule has 74 valence electrons. The lowest BCUT2D eigenvalue weighted by molar-refractivity contribution is 0.268. The second kappa shape index (κ2) is 5.29. The Morgan fingerprint density at radius 1 is 1.46 bits per heavy atom. The van der Waals surface area contributed by atoms with Crippen LogP contribution in [0.1, 0.15) is 11.6 Å². The van der Waals surface area contributed by atoms with Crippen molar-refractivity contribution in [2.75, 3.05) is 6.61 Å². The van der Waals surface area contributed by atoms with Gasteiger partial charge in [0.15, 0.2) is 0 Å². The molecule has 1 aromatic carbocycles. The maximum Gasteiger partial charge on any atom is 0.117 e. The van der Waals surface area contributed by atoms with E-state index in [0.29, 0.717) is 10.6 Å². The van der Waals surface area contributed by atoms with Gasteiger partial charge < -0.3 is 15.9 Å². The number of hydrogen-bond acceptors (Lipinski definition) is 3. The first-order valence-electron chi connectivity index (χ1n) is 3.50. The van der Waals surface area contributed by atoms with E-state index in [4.69, 9.17) is 27.5 Å². The molecule has 3 nitrogen and oxygen atoms in total. The van der Waals surface area contributed by atoms with Crippen LogP contribution in [-0.4, -0.2) is 16.8 Å². The Morgan fingerprint density at radius 2 is 2.08 bits per heavy atom. The van der Waals surface area contributed by atoms with Crippen LogP contribution >= 0.6 is 24.0 Å². The summed E-state index contributed by atoms with van der Waals surface area (Å²) < 4.78 is 0. The quantitative estimate of drug-likeness (QED) is 0.712. The maximum absolute atomic E-state index is 9.00. The van der Waals surface area contributed by atoms with Crippen molar-refractivity contribution in [1.29, 1.82) is 0 Å². The summed E-state index contributed by atoms with van der Waals surface area (Å²) in [4.78, 5) is 0. The van der Waals surface area contributed by atoms with Gasteiger partial charge in [-0.15, -0.1) is 12.4 Å². The summed E-state index contributed by atoms with van der Waals surface area (Å²) in [6.45, 7) is -0.162. The van der Waals surface area contributed by atoms with Gasteiger partial charge in [0, 0.05) is 5.02 Å². The minimum Gasteiger partial charge on any atom is -0.508 e. The third-order valence-electron chi connectivity index (χ3n) is 1.58. The minimum atomic E-state index is -0.488. The summed E-state index contributed by atoms with van der Waals surface area (Å²) in [6.07, 6.45) is 0. The monoisotopic (exact) mass is 223 g/mol. The maximum atomic E-state index is 9.00. The van der Waals surface area contributed by atoms with E-state index >= 15 is 0 Å². The summed E-state index contributed by atoms with van der Waals surface area (Å²) >= 11 is 5.75. The van der Waals surface area contributed by atoms with Crippen molar-refractivity contribution in [2.45, 2.75) is 6.04 Å². The van der Waals surface area contributed by atoms with E-state index in [1.54, 1.807) is 6.07 Å². The van der Waals surface area contributed by atoms with Crippen LogP contribution in [0.25, 0.3) is 0 Å². The molecule has 0 spiro atoms. The molecule has 0 aliphatic carbocycles. The Kier molecular flexibility index (Phi) is 5.10. The molecule has 0 radical (unpaired) electrons. The SMILES string of the molecule is Cl.N[C@@H](CO)c1ccc(O)cc1Cl. The van der Waals surface area contributed by atoms with Crippen LogP contribution in [-0.2, 0) is 0 Å². The van der Waals surface area contributed by atoms with Crippen molar-refractivity contribution in [3.63, 3.8) is 0 Å². The number of nitrogens with two attached hydrogens (primary N) is 1. The van der Waals surface area contributed by atoms with E-state index in [9.17, 15) is 0 Å². The molecule has 0 aromatic heterocycles. The molecule has 1 rings (SSSR count). The molecule has 0 fully saturated rings. The molecule has 1 atom stereocenters. The topological polar surface area (TPSA) is 66.5 Å². The zero-order valence-corrected chi connectivity index (χ0v) is 8.35. The first-order chi connectivity index (χ1) is 5.65. The van der Waals surface area contributed by atoms with Crippen molar-refractivity contribution in [3.8, 4) is 5.75 Å². The molecule has 0 unspecified atom stereocenters. The molecule has 0 amide bonds. The summed E-state index contributed by atoms with van der Waals surface area (Å²) in [5.41, 5.74) is 6.17. The molecule has 13 heavy (non-hydrogen) atoms. The fourth-order valence-corrected chi connectivity index (χ4v) is 1.23. The molecule has 1 aromatic rings. The predicted molar refractivity (Wildman–Crippen MR) is 54.4 cm³/mol. The highest BCUT2D eigenvalue weighted by molar-refractivity contribution is 6.31. The summed E-state index contributed by atoms with van der Waals surface area (Å²) in [5.74, 6) is 0.0916. The zero-order chi connectivity index (χ0) is 9.14. The van der Waals surface area contributed by atoms with Gasteiger partial charge in [-0.25, -0.2) is 0 Å². The highest BCUT2D eigenvalue weighted by Crippen LogP contribution is 2.25. The number of aromatic hydroxyl groups is 1. The van der Waals surface area contributed by atoms with Crippen LogP contribution in [0.3, 0.4) is 0 Å². The number of phenols is 1. The fraction of sp³-hybridized carbons (Fsp3) is 0.250. The molecule has 5 heteroatoms. The number of phenolic OH excluding ortho intramolecular Hbond substituents is 1. The van der Waals surface area contributed by atoms with E-state index in [2.05, 4.69) is 0 Å². The molecule has 0 heterocycles. The van der Waals surface area contributed by atoms with Gasteiger partial charge in [0.05, 0.1) is 12.6 Å². The standard InChI is InChI=1S/C8H10ClNO2.ClH/c9-7-3-5(12)1-2-6(7)8(10)4-11;/h1-3,8,11-12H,4,10H2;1H/t8-;/m0./s1. The highest BCUT2D eigenvalue weighted by atomic mass is 35.5. The number of aliphatic hydroxyl groups excluding tert-OH is 1. The Balaban J connectivity index is 0.00000144. The number of halogens is 2. The largest absolute Gasteiger partial charge is 0.508 e. The van der Waals surface area contributed by atoms with Crippen molar-refractivity contribution < 1.29 is 10.2 Å². The Bertz CT molecular complexity index is 281. The molecule has 0 aliphatic rings. The predicted octanol–water partition coefficient (Wildman–Crippen LogP) is 1.46. The Morgan fingerprint density at radius 3 is 2.54 bits per heavy atom. The lowest BCUT2D eigenvalue weighted by atomic mass is 10.1. The lowest BCUT2D eigenvalue weighted by Gasteiger charge is -2.10. The third-order valence-corrected chi connectivity index (χ3v) is 1.91. The molecule has 0 saturated heterocycles. The van der Waals surface area contributed by atoms with Crippen molar-refractivity contribution in [1.82, 2.24) is 0 Å². The second-order valence-electron chi connectivity index (χ2n) is 2.49. The Hall–Kier alpha value is -0.480. The van der Waals surface area contributed by atoms with Crippen molar-refractivity contribution >= 4 is 24.0 Å². The van der Waals surface area contributed by atoms with Crippen molar-refractivity contribution in [3.05, 3.63) is 28.8 Å². The third kappa shape index (κ3) is 3.04. The average Bonchev–Trinajstić information content (AvgIpc) is 2.03. The first kappa shape index (κ1) is 12.5. The van der Waals surface area contributed by atoms with E-state index in [0.717, 1.165) is 0 Å². The Labute approximate surface area is 87.5 Å². The minimum absolute atomic E-state index is 0. The number of benzene rings is 1. The molecule has 0 aliphatic heterocycles. The summed E-state index contributed by atoms with van der Waals surface area (Å²) in [7, 11) is 0. The zero-order valence-electron chi connectivity index (χ0n) is 6.77. The summed E-state index contributed by atoms with van der Waals surface area (Å²) in [6, 6.07) is 3.99. The number of aliphatic hydroxyl groups is 1. The first-order valence-corrected chi connectivity index (χ1v) is 3.88. The van der Waals surface area contributed by atoms with Crippen LogP contribution in [0.5, 0.6) is 5.75 Å². The van der Waals surface area contributed by atoms with Crippen LogP contribution in [0.4, 0.5) is 0 Å². The molecule has 4 N–H and O–H groups in total. The lowest BCUT2D eigenvalue weighted by Crippen LogP contribution is -2.14.